The van der Waals surface area contributed by atoms with E-state index in [4.69, 9.17) is 9.47 Å². The van der Waals surface area contributed by atoms with Crippen molar-refractivity contribution in [1.82, 2.24) is 10.3 Å². The molecule has 0 atom stereocenters. The molecule has 0 spiro atoms. The average Bonchev–Trinajstić information content (AvgIpc) is 3.18. The van der Waals surface area contributed by atoms with Crippen LogP contribution in [0.25, 0.3) is 22.3 Å². The van der Waals surface area contributed by atoms with E-state index in [-0.39, 0.29) is 23.2 Å². The summed E-state index contributed by atoms with van der Waals surface area (Å²) < 4.78 is 11.0. The number of aryl methyl sites for hydroxylation is 1. The number of nitro groups is 1. The Hall–Kier alpha value is -3.66. The number of carbonyl (C=O) groups excluding carboxylic acids is 2. The van der Waals surface area contributed by atoms with Crippen LogP contribution < -0.4 is 10.1 Å². The van der Waals surface area contributed by atoms with Crippen LogP contribution in [0, 0.1) is 23.0 Å². The second kappa shape index (κ2) is 10.7. The zero-order valence-corrected chi connectivity index (χ0v) is 21.6. The third-order valence-corrected chi connectivity index (χ3v) is 6.03. The number of aromatic amines is 1. The molecule has 1 heterocycles. The van der Waals surface area contributed by atoms with E-state index in [2.05, 4.69) is 26.2 Å². The zero-order valence-electron chi connectivity index (χ0n) is 20.0. The SMILES string of the molecule is COC(=O)c1[nH]c(Br)c(-c2ccc([N+](=O)[O-])cc2C)c1-c1ccc(C(=O)NCC(C)C)c(OC)c1. The molecule has 0 fully saturated rings. The Morgan fingerprint density at radius 3 is 2.43 bits per heavy atom. The topological polar surface area (TPSA) is 124 Å². The van der Waals surface area contributed by atoms with Gasteiger partial charge in [-0.05, 0) is 63.7 Å². The van der Waals surface area contributed by atoms with Gasteiger partial charge in [0.2, 0.25) is 0 Å². The number of aromatic nitrogens is 1. The maximum absolute atomic E-state index is 12.7. The van der Waals surface area contributed by atoms with Crippen LogP contribution in [0.4, 0.5) is 5.69 Å². The number of rotatable bonds is 8. The maximum atomic E-state index is 12.7. The lowest BCUT2D eigenvalue weighted by atomic mass is 9.93. The highest BCUT2D eigenvalue weighted by atomic mass is 79.9. The van der Waals surface area contributed by atoms with Gasteiger partial charge in [0.25, 0.3) is 11.6 Å². The number of amides is 1. The first kappa shape index (κ1) is 26.0. The van der Waals surface area contributed by atoms with Crippen molar-refractivity contribution in [2.45, 2.75) is 20.8 Å². The van der Waals surface area contributed by atoms with E-state index in [1.807, 2.05) is 13.8 Å². The van der Waals surface area contributed by atoms with Gasteiger partial charge in [0.1, 0.15) is 11.4 Å². The minimum absolute atomic E-state index is 0.0360. The number of non-ortho nitro benzene ring substituents is 1. The number of H-pyrrole nitrogens is 1. The fourth-order valence-corrected chi connectivity index (χ4v) is 4.34. The Morgan fingerprint density at radius 2 is 1.86 bits per heavy atom. The Labute approximate surface area is 211 Å². The van der Waals surface area contributed by atoms with Crippen molar-refractivity contribution >= 4 is 33.5 Å². The third-order valence-electron chi connectivity index (χ3n) is 5.44. The van der Waals surface area contributed by atoms with Crippen LogP contribution in [-0.4, -0.2) is 42.5 Å². The second-order valence-corrected chi connectivity index (χ2v) is 9.12. The van der Waals surface area contributed by atoms with Gasteiger partial charge in [-0.1, -0.05) is 19.9 Å². The summed E-state index contributed by atoms with van der Waals surface area (Å²) in [4.78, 5) is 39.1. The fourth-order valence-electron chi connectivity index (χ4n) is 3.73. The van der Waals surface area contributed by atoms with E-state index in [9.17, 15) is 19.7 Å². The smallest absolute Gasteiger partial charge is 0.355 e. The van der Waals surface area contributed by atoms with Gasteiger partial charge in [-0.25, -0.2) is 4.79 Å². The highest BCUT2D eigenvalue weighted by Gasteiger charge is 2.27. The molecule has 3 rings (SSSR count). The molecule has 2 N–H and O–H groups in total. The normalized spacial score (nSPS) is 10.8. The van der Waals surface area contributed by atoms with Gasteiger partial charge < -0.3 is 19.8 Å². The fraction of sp³-hybridized carbons (Fsp3) is 0.280. The number of hydrogen-bond acceptors (Lipinski definition) is 6. The molecule has 35 heavy (non-hydrogen) atoms. The lowest BCUT2D eigenvalue weighted by Gasteiger charge is -2.14. The number of hydrogen-bond donors (Lipinski definition) is 2. The van der Waals surface area contributed by atoms with E-state index < -0.39 is 10.9 Å². The number of halogens is 1. The van der Waals surface area contributed by atoms with Crippen LogP contribution in [0.15, 0.2) is 41.0 Å². The van der Waals surface area contributed by atoms with E-state index in [1.165, 1.54) is 26.4 Å². The van der Waals surface area contributed by atoms with Crippen LogP contribution in [-0.2, 0) is 4.74 Å². The van der Waals surface area contributed by atoms with Crippen molar-refractivity contribution in [3.63, 3.8) is 0 Å². The highest BCUT2D eigenvalue weighted by Crippen LogP contribution is 2.43. The molecule has 0 aliphatic heterocycles. The van der Waals surface area contributed by atoms with Crippen LogP contribution >= 0.6 is 15.9 Å². The molecule has 0 radical (unpaired) electrons. The Morgan fingerprint density at radius 1 is 1.14 bits per heavy atom. The molecule has 0 saturated carbocycles. The molecule has 2 aromatic carbocycles. The number of carbonyl (C=O) groups is 2. The molecule has 3 aromatic rings. The first-order chi connectivity index (χ1) is 16.6. The molecule has 9 nitrogen and oxygen atoms in total. The van der Waals surface area contributed by atoms with Crippen molar-refractivity contribution in [2.24, 2.45) is 5.92 Å². The molecule has 0 aliphatic rings. The summed E-state index contributed by atoms with van der Waals surface area (Å²) in [6.07, 6.45) is 0. The van der Waals surface area contributed by atoms with Gasteiger partial charge in [0.15, 0.2) is 0 Å². The van der Waals surface area contributed by atoms with Gasteiger partial charge in [-0.15, -0.1) is 0 Å². The number of nitro benzene ring substituents is 1. The quantitative estimate of drug-likeness (QED) is 0.219. The van der Waals surface area contributed by atoms with Crippen LogP contribution in [0.3, 0.4) is 0 Å². The van der Waals surface area contributed by atoms with Crippen molar-refractivity contribution in [1.29, 1.82) is 0 Å². The van der Waals surface area contributed by atoms with E-state index in [0.29, 0.717) is 50.3 Å². The third kappa shape index (κ3) is 5.37. The van der Waals surface area contributed by atoms with Gasteiger partial charge in [0.05, 0.1) is 29.3 Å². The zero-order chi connectivity index (χ0) is 25.9. The van der Waals surface area contributed by atoms with Crippen molar-refractivity contribution in [3.05, 3.63) is 67.9 Å². The number of methoxy groups -OCH3 is 2. The molecule has 184 valence electrons. The Bertz CT molecular complexity index is 1300. The van der Waals surface area contributed by atoms with E-state index in [1.54, 1.807) is 31.2 Å². The molecule has 0 unspecified atom stereocenters. The number of esters is 1. The second-order valence-electron chi connectivity index (χ2n) is 8.33. The summed E-state index contributed by atoms with van der Waals surface area (Å²) in [6, 6.07) is 9.55. The number of ether oxygens (including phenoxy) is 2. The lowest BCUT2D eigenvalue weighted by Crippen LogP contribution is -2.27. The summed E-state index contributed by atoms with van der Waals surface area (Å²) in [5, 5.41) is 14.1. The minimum Gasteiger partial charge on any atom is -0.496 e. The van der Waals surface area contributed by atoms with Crippen LogP contribution in [0.1, 0.15) is 40.3 Å². The van der Waals surface area contributed by atoms with Crippen molar-refractivity contribution < 1.29 is 24.0 Å². The molecule has 1 aromatic heterocycles. The molecular formula is C25H26BrN3O6. The van der Waals surface area contributed by atoms with Gasteiger partial charge in [-0.2, -0.15) is 0 Å². The molecule has 1 amide bonds. The predicted molar refractivity (Wildman–Crippen MR) is 136 cm³/mol. The minimum atomic E-state index is -0.593. The average molecular weight is 544 g/mol. The van der Waals surface area contributed by atoms with Gasteiger partial charge >= 0.3 is 5.97 Å². The summed E-state index contributed by atoms with van der Waals surface area (Å²) >= 11 is 3.50. The molecule has 0 aliphatic carbocycles. The molecule has 10 heteroatoms. The van der Waals surface area contributed by atoms with Crippen LogP contribution in [0.2, 0.25) is 0 Å². The highest BCUT2D eigenvalue weighted by molar-refractivity contribution is 9.10. The van der Waals surface area contributed by atoms with E-state index >= 15 is 0 Å². The van der Waals surface area contributed by atoms with Gasteiger partial charge in [0, 0.05) is 29.8 Å². The van der Waals surface area contributed by atoms with E-state index in [0.717, 1.165) is 0 Å². The summed E-state index contributed by atoms with van der Waals surface area (Å²) in [5.74, 6) is -0.235. The van der Waals surface area contributed by atoms with Crippen LogP contribution in [0.5, 0.6) is 5.75 Å². The number of benzene rings is 2. The van der Waals surface area contributed by atoms with Crippen molar-refractivity contribution in [2.75, 3.05) is 20.8 Å². The Kier molecular flexibility index (Phi) is 7.96. The van der Waals surface area contributed by atoms with Crippen molar-refractivity contribution in [3.8, 4) is 28.0 Å². The summed E-state index contributed by atoms with van der Waals surface area (Å²) in [7, 11) is 2.74. The molecular weight excluding hydrogens is 518 g/mol. The van der Waals surface area contributed by atoms with Gasteiger partial charge in [-0.3, -0.25) is 14.9 Å². The summed E-state index contributed by atoms with van der Waals surface area (Å²) in [5.41, 5.74) is 3.56. The predicted octanol–water partition coefficient (Wildman–Crippen LogP) is 5.51. The lowest BCUT2D eigenvalue weighted by molar-refractivity contribution is -0.384. The standard InChI is InChI=1S/C25H26BrN3O6/c1-13(2)12-27-24(30)18-8-6-15(11-19(18)34-4)20-21(23(26)28-22(20)25(31)35-5)17-9-7-16(29(32)33)10-14(17)3/h6-11,13,28H,12H2,1-5H3,(H,27,30). The largest absolute Gasteiger partial charge is 0.496 e. The number of nitrogens with one attached hydrogen (secondary N) is 2. The first-order valence-electron chi connectivity index (χ1n) is 10.8. The maximum Gasteiger partial charge on any atom is 0.355 e. The first-order valence-corrected chi connectivity index (χ1v) is 11.6. The Balaban J connectivity index is 2.21. The monoisotopic (exact) mass is 543 g/mol. The molecule has 0 bridgehead atoms. The molecule has 0 saturated heterocycles. The number of nitrogens with zero attached hydrogens (tertiary/aromatic N) is 1. The summed E-state index contributed by atoms with van der Waals surface area (Å²) in [6.45, 7) is 6.28.